The molecular formula is C16H20ClN3. The summed E-state index contributed by atoms with van der Waals surface area (Å²) in [5, 5.41) is 8.79. The predicted molar refractivity (Wildman–Crippen MR) is 82.1 cm³/mol. The summed E-state index contributed by atoms with van der Waals surface area (Å²) in [7, 11) is 2.04. The summed E-state index contributed by atoms with van der Waals surface area (Å²) in [5.41, 5.74) is 4.00. The lowest BCUT2D eigenvalue weighted by molar-refractivity contribution is 0.532. The average Bonchev–Trinajstić information content (AvgIpc) is 2.73. The third kappa shape index (κ3) is 2.74. The van der Waals surface area contributed by atoms with Crippen LogP contribution in [0, 0.1) is 0 Å². The van der Waals surface area contributed by atoms with E-state index in [-0.39, 0.29) is 0 Å². The second kappa shape index (κ2) is 5.98. The van der Waals surface area contributed by atoms with Gasteiger partial charge >= 0.3 is 0 Å². The molecule has 0 saturated carbocycles. The van der Waals surface area contributed by atoms with E-state index >= 15 is 0 Å². The highest BCUT2D eigenvalue weighted by molar-refractivity contribution is 6.30. The first-order chi connectivity index (χ1) is 9.78. The summed E-state index contributed by atoms with van der Waals surface area (Å²) in [6, 6.07) is 8.47. The van der Waals surface area contributed by atoms with Crippen LogP contribution < -0.4 is 5.32 Å². The topological polar surface area (TPSA) is 29.9 Å². The molecule has 3 rings (SSSR count). The van der Waals surface area contributed by atoms with Crippen molar-refractivity contribution < 1.29 is 0 Å². The molecule has 0 aliphatic heterocycles. The lowest BCUT2D eigenvalue weighted by Crippen LogP contribution is -2.16. The van der Waals surface area contributed by atoms with Gasteiger partial charge in [-0.1, -0.05) is 30.2 Å². The van der Waals surface area contributed by atoms with Gasteiger partial charge in [0.1, 0.15) is 0 Å². The zero-order chi connectivity index (χ0) is 13.9. The molecule has 2 aromatic rings. The maximum atomic E-state index is 5.94. The maximum absolute atomic E-state index is 5.94. The van der Waals surface area contributed by atoms with Gasteiger partial charge < -0.3 is 5.32 Å². The van der Waals surface area contributed by atoms with Gasteiger partial charge in [-0.05, 0) is 44.0 Å². The number of benzene rings is 1. The van der Waals surface area contributed by atoms with Crippen molar-refractivity contribution in [3.8, 4) is 0 Å². The molecule has 0 radical (unpaired) electrons. The molecule has 1 heterocycles. The molecule has 0 fully saturated rings. The van der Waals surface area contributed by atoms with Gasteiger partial charge in [-0.3, -0.25) is 4.68 Å². The van der Waals surface area contributed by atoms with Crippen LogP contribution in [-0.4, -0.2) is 16.8 Å². The fourth-order valence-electron chi connectivity index (χ4n) is 2.98. The first kappa shape index (κ1) is 13.7. The fourth-order valence-corrected chi connectivity index (χ4v) is 3.11. The van der Waals surface area contributed by atoms with Gasteiger partial charge in [-0.25, -0.2) is 0 Å². The normalized spacial score (nSPS) is 18.6. The molecule has 106 valence electrons. The Kier molecular flexibility index (Phi) is 4.08. The lowest BCUT2D eigenvalue weighted by atomic mass is 10.1. The molecule has 1 atom stereocenters. The summed E-state index contributed by atoms with van der Waals surface area (Å²) in [4.78, 5) is 0. The van der Waals surface area contributed by atoms with Crippen molar-refractivity contribution in [1.29, 1.82) is 0 Å². The summed E-state index contributed by atoms with van der Waals surface area (Å²) in [6.45, 7) is 0.822. The molecule has 1 aliphatic rings. The molecule has 20 heavy (non-hydrogen) atoms. The fraction of sp³-hybridized carbons (Fsp3) is 0.438. The summed E-state index contributed by atoms with van der Waals surface area (Å²) in [6.07, 6.45) is 6.90. The van der Waals surface area contributed by atoms with Crippen LogP contribution in [-0.2, 0) is 13.0 Å². The van der Waals surface area contributed by atoms with Crippen LogP contribution in [0.25, 0.3) is 0 Å². The summed E-state index contributed by atoms with van der Waals surface area (Å²) < 4.78 is 2.15. The van der Waals surface area contributed by atoms with E-state index in [0.29, 0.717) is 6.04 Å². The number of halogens is 1. The highest BCUT2D eigenvalue weighted by Crippen LogP contribution is 2.28. The van der Waals surface area contributed by atoms with Crippen LogP contribution >= 0.6 is 11.6 Å². The Bertz CT molecular complexity index is 574. The second-order valence-corrected chi connectivity index (χ2v) is 5.85. The largest absolute Gasteiger partial charge is 0.313 e. The first-order valence-electron chi connectivity index (χ1n) is 7.24. The Hall–Kier alpha value is -1.32. The zero-order valence-electron chi connectivity index (χ0n) is 11.8. The van der Waals surface area contributed by atoms with Crippen LogP contribution in [0.15, 0.2) is 30.5 Å². The summed E-state index contributed by atoms with van der Waals surface area (Å²) in [5.74, 6) is 0. The number of aromatic nitrogens is 2. The molecule has 0 saturated heterocycles. The predicted octanol–water partition coefficient (Wildman–Crippen LogP) is 3.57. The highest BCUT2D eigenvalue weighted by Gasteiger charge is 2.21. The quantitative estimate of drug-likeness (QED) is 0.876. The summed E-state index contributed by atoms with van der Waals surface area (Å²) >= 11 is 5.94. The smallest absolute Gasteiger partial charge is 0.0662 e. The van der Waals surface area contributed by atoms with Crippen LogP contribution in [0.3, 0.4) is 0 Å². The number of nitrogens with one attached hydrogen (secondary N) is 1. The number of hydrogen-bond donors (Lipinski definition) is 1. The van der Waals surface area contributed by atoms with Gasteiger partial charge in [0.2, 0.25) is 0 Å². The van der Waals surface area contributed by atoms with Crippen molar-refractivity contribution in [3.63, 3.8) is 0 Å². The molecule has 1 aromatic heterocycles. The van der Waals surface area contributed by atoms with E-state index in [9.17, 15) is 0 Å². The Balaban J connectivity index is 1.87. The maximum Gasteiger partial charge on any atom is 0.0662 e. The van der Waals surface area contributed by atoms with E-state index in [4.69, 9.17) is 11.6 Å². The van der Waals surface area contributed by atoms with Crippen molar-refractivity contribution in [2.24, 2.45) is 0 Å². The SMILES string of the molecule is CNC1CCCCc2c1cnn2Cc1ccc(Cl)cc1. The number of nitrogens with zero attached hydrogens (tertiary/aromatic N) is 2. The van der Waals surface area contributed by atoms with E-state index in [0.717, 1.165) is 18.0 Å². The molecule has 1 aromatic carbocycles. The third-order valence-electron chi connectivity index (χ3n) is 4.11. The van der Waals surface area contributed by atoms with Gasteiger partial charge in [0.15, 0.2) is 0 Å². The van der Waals surface area contributed by atoms with Crippen molar-refractivity contribution in [1.82, 2.24) is 15.1 Å². The first-order valence-corrected chi connectivity index (χ1v) is 7.62. The average molecular weight is 290 g/mol. The van der Waals surface area contributed by atoms with Gasteiger partial charge in [0.05, 0.1) is 12.7 Å². The Labute approximate surface area is 124 Å². The van der Waals surface area contributed by atoms with Gasteiger partial charge in [0.25, 0.3) is 0 Å². The minimum atomic E-state index is 0.450. The van der Waals surface area contributed by atoms with E-state index in [1.807, 2.05) is 25.4 Å². The Morgan fingerprint density at radius 2 is 2.10 bits per heavy atom. The minimum absolute atomic E-state index is 0.450. The monoisotopic (exact) mass is 289 g/mol. The molecule has 3 nitrogen and oxygen atoms in total. The van der Waals surface area contributed by atoms with Crippen LogP contribution in [0.1, 0.15) is 42.1 Å². The van der Waals surface area contributed by atoms with Crippen molar-refractivity contribution >= 4 is 11.6 Å². The van der Waals surface area contributed by atoms with Crippen molar-refractivity contribution in [3.05, 3.63) is 52.3 Å². The number of rotatable bonds is 3. The van der Waals surface area contributed by atoms with Gasteiger partial charge in [-0.2, -0.15) is 5.10 Å². The van der Waals surface area contributed by atoms with Gasteiger partial charge in [0, 0.05) is 22.3 Å². The number of fused-ring (bicyclic) bond motifs is 1. The van der Waals surface area contributed by atoms with Crippen molar-refractivity contribution in [2.45, 2.75) is 38.3 Å². The third-order valence-corrected chi connectivity index (χ3v) is 4.36. The molecule has 4 heteroatoms. The Morgan fingerprint density at radius 3 is 2.85 bits per heavy atom. The van der Waals surface area contributed by atoms with E-state index in [2.05, 4.69) is 27.2 Å². The van der Waals surface area contributed by atoms with Crippen LogP contribution in [0.5, 0.6) is 0 Å². The lowest BCUT2D eigenvalue weighted by Gasteiger charge is -2.13. The highest BCUT2D eigenvalue weighted by atomic mass is 35.5. The molecule has 1 N–H and O–H groups in total. The molecule has 1 aliphatic carbocycles. The second-order valence-electron chi connectivity index (χ2n) is 5.42. The molecule has 0 bridgehead atoms. The molecular weight excluding hydrogens is 270 g/mol. The van der Waals surface area contributed by atoms with Gasteiger partial charge in [-0.15, -0.1) is 0 Å². The molecule has 1 unspecified atom stereocenters. The van der Waals surface area contributed by atoms with E-state index in [1.165, 1.54) is 36.1 Å². The molecule has 0 amide bonds. The van der Waals surface area contributed by atoms with Crippen LogP contribution in [0.4, 0.5) is 0 Å². The van der Waals surface area contributed by atoms with Crippen molar-refractivity contribution in [2.75, 3.05) is 7.05 Å². The Morgan fingerprint density at radius 1 is 1.30 bits per heavy atom. The number of hydrogen-bond acceptors (Lipinski definition) is 2. The van der Waals surface area contributed by atoms with Crippen LogP contribution in [0.2, 0.25) is 5.02 Å². The van der Waals surface area contributed by atoms with E-state index < -0.39 is 0 Å². The zero-order valence-corrected chi connectivity index (χ0v) is 12.5. The minimum Gasteiger partial charge on any atom is -0.313 e. The molecule has 0 spiro atoms. The standard InChI is InChI=1S/C16H20ClN3/c1-18-15-4-2-3-5-16-14(15)10-19-20(16)11-12-6-8-13(17)9-7-12/h6-10,15,18H,2-5,11H2,1H3. The van der Waals surface area contributed by atoms with E-state index in [1.54, 1.807) is 0 Å².